The Morgan fingerprint density at radius 1 is 1.12 bits per heavy atom. The van der Waals surface area contributed by atoms with Crippen LogP contribution in [0, 0.1) is 11.7 Å². The van der Waals surface area contributed by atoms with E-state index in [1.165, 1.54) is 18.6 Å². The van der Waals surface area contributed by atoms with Gasteiger partial charge in [-0.2, -0.15) is 0 Å². The van der Waals surface area contributed by atoms with Crippen molar-refractivity contribution in [1.29, 1.82) is 0 Å². The van der Waals surface area contributed by atoms with Gasteiger partial charge in [0.15, 0.2) is 0 Å². The predicted octanol–water partition coefficient (Wildman–Crippen LogP) is 3.62. The molecule has 1 aliphatic rings. The molecule has 132 valence electrons. The predicted molar refractivity (Wildman–Crippen MR) is 95.0 cm³/mol. The highest BCUT2D eigenvalue weighted by Crippen LogP contribution is 2.22. The van der Waals surface area contributed by atoms with Crippen LogP contribution < -0.4 is 15.4 Å². The maximum Gasteiger partial charge on any atom is 0.220 e. The maximum atomic E-state index is 12.9. The fourth-order valence-corrected chi connectivity index (χ4v) is 2.90. The SMILES string of the molecule is O=C(CCC1CCNC1)NCc1ccc(Oc2ccc(F)cc2)cc1. The summed E-state index contributed by atoms with van der Waals surface area (Å²) >= 11 is 0. The van der Waals surface area contributed by atoms with Crippen LogP contribution in [0.15, 0.2) is 48.5 Å². The number of benzene rings is 2. The summed E-state index contributed by atoms with van der Waals surface area (Å²) < 4.78 is 18.5. The zero-order valence-electron chi connectivity index (χ0n) is 14.1. The largest absolute Gasteiger partial charge is 0.457 e. The fraction of sp³-hybridized carbons (Fsp3) is 0.350. The van der Waals surface area contributed by atoms with Gasteiger partial charge in [-0.3, -0.25) is 4.79 Å². The highest BCUT2D eigenvalue weighted by Gasteiger charge is 2.15. The molecule has 0 aromatic heterocycles. The second kappa shape index (κ2) is 8.62. The molecule has 1 unspecified atom stereocenters. The van der Waals surface area contributed by atoms with Crippen LogP contribution in [0.3, 0.4) is 0 Å². The van der Waals surface area contributed by atoms with E-state index in [1.807, 2.05) is 24.3 Å². The van der Waals surface area contributed by atoms with E-state index in [0.29, 0.717) is 30.4 Å². The van der Waals surface area contributed by atoms with Gasteiger partial charge < -0.3 is 15.4 Å². The number of ether oxygens (including phenoxy) is 1. The van der Waals surface area contributed by atoms with E-state index in [4.69, 9.17) is 4.74 Å². The van der Waals surface area contributed by atoms with E-state index < -0.39 is 0 Å². The van der Waals surface area contributed by atoms with Gasteiger partial charge in [-0.25, -0.2) is 4.39 Å². The van der Waals surface area contributed by atoms with Gasteiger partial charge >= 0.3 is 0 Å². The first-order chi connectivity index (χ1) is 12.2. The molecule has 1 saturated heterocycles. The first kappa shape index (κ1) is 17.4. The molecule has 0 bridgehead atoms. The Kier molecular flexibility index (Phi) is 6.01. The Morgan fingerprint density at radius 2 is 1.80 bits per heavy atom. The molecule has 3 rings (SSSR count). The Bertz CT molecular complexity index is 680. The van der Waals surface area contributed by atoms with Crippen LogP contribution in [-0.4, -0.2) is 19.0 Å². The van der Waals surface area contributed by atoms with Crippen LogP contribution >= 0.6 is 0 Å². The van der Waals surface area contributed by atoms with Crippen LogP contribution in [0.1, 0.15) is 24.8 Å². The van der Waals surface area contributed by atoms with Gasteiger partial charge in [-0.15, -0.1) is 0 Å². The van der Waals surface area contributed by atoms with Crippen molar-refractivity contribution in [3.63, 3.8) is 0 Å². The van der Waals surface area contributed by atoms with Gasteiger partial charge in [0.2, 0.25) is 5.91 Å². The molecule has 1 atom stereocenters. The third-order valence-corrected chi connectivity index (χ3v) is 4.40. The minimum atomic E-state index is -0.289. The zero-order valence-corrected chi connectivity index (χ0v) is 14.1. The Morgan fingerprint density at radius 3 is 2.44 bits per heavy atom. The van der Waals surface area contributed by atoms with E-state index >= 15 is 0 Å². The number of carbonyl (C=O) groups excluding carboxylic acids is 1. The summed E-state index contributed by atoms with van der Waals surface area (Å²) in [7, 11) is 0. The van der Waals surface area contributed by atoms with Gasteiger partial charge in [0.25, 0.3) is 0 Å². The lowest BCUT2D eigenvalue weighted by Gasteiger charge is -2.10. The van der Waals surface area contributed by atoms with Crippen molar-refractivity contribution < 1.29 is 13.9 Å². The summed E-state index contributed by atoms with van der Waals surface area (Å²) in [6, 6.07) is 13.4. The van der Waals surface area contributed by atoms with Crippen LogP contribution in [0.4, 0.5) is 4.39 Å². The quantitative estimate of drug-likeness (QED) is 0.808. The first-order valence-electron chi connectivity index (χ1n) is 8.69. The third kappa shape index (κ3) is 5.57. The summed E-state index contributed by atoms with van der Waals surface area (Å²) in [6.07, 6.45) is 2.70. The Labute approximate surface area is 147 Å². The summed E-state index contributed by atoms with van der Waals surface area (Å²) in [5.74, 6) is 1.70. The normalized spacial score (nSPS) is 16.6. The Hall–Kier alpha value is -2.40. The van der Waals surface area contributed by atoms with Crippen LogP contribution in [0.25, 0.3) is 0 Å². The number of halogens is 1. The Balaban J connectivity index is 1.42. The molecular formula is C20H23FN2O2. The second-order valence-electron chi connectivity index (χ2n) is 6.37. The average Bonchev–Trinajstić information content (AvgIpc) is 3.15. The molecule has 1 amide bonds. The van der Waals surface area contributed by atoms with Crippen molar-refractivity contribution in [1.82, 2.24) is 10.6 Å². The molecular weight excluding hydrogens is 319 g/mol. The number of amides is 1. The molecule has 2 N–H and O–H groups in total. The van der Waals surface area contributed by atoms with E-state index in [-0.39, 0.29) is 11.7 Å². The van der Waals surface area contributed by atoms with Crippen molar-refractivity contribution >= 4 is 5.91 Å². The number of rotatable bonds is 7. The second-order valence-corrected chi connectivity index (χ2v) is 6.37. The molecule has 1 fully saturated rings. The third-order valence-electron chi connectivity index (χ3n) is 4.40. The summed E-state index contributed by atoms with van der Waals surface area (Å²) in [4.78, 5) is 11.9. The average molecular weight is 342 g/mol. The summed E-state index contributed by atoms with van der Waals surface area (Å²) in [6.45, 7) is 2.61. The molecule has 0 radical (unpaired) electrons. The van der Waals surface area contributed by atoms with Crippen molar-refractivity contribution in [3.05, 3.63) is 59.9 Å². The molecule has 5 heteroatoms. The van der Waals surface area contributed by atoms with Crippen LogP contribution in [-0.2, 0) is 11.3 Å². The molecule has 2 aromatic rings. The van der Waals surface area contributed by atoms with Gasteiger partial charge in [-0.1, -0.05) is 12.1 Å². The van der Waals surface area contributed by atoms with Gasteiger partial charge in [0, 0.05) is 13.0 Å². The minimum Gasteiger partial charge on any atom is -0.457 e. The molecule has 2 aromatic carbocycles. The van der Waals surface area contributed by atoms with Crippen molar-refractivity contribution in [2.24, 2.45) is 5.92 Å². The highest BCUT2D eigenvalue weighted by atomic mass is 19.1. The van der Waals surface area contributed by atoms with E-state index in [2.05, 4.69) is 10.6 Å². The van der Waals surface area contributed by atoms with Crippen molar-refractivity contribution in [2.45, 2.75) is 25.8 Å². The molecule has 0 spiro atoms. The van der Waals surface area contributed by atoms with E-state index in [1.54, 1.807) is 12.1 Å². The fourth-order valence-electron chi connectivity index (χ4n) is 2.90. The molecule has 0 saturated carbocycles. The smallest absolute Gasteiger partial charge is 0.220 e. The monoisotopic (exact) mass is 342 g/mol. The molecule has 0 aliphatic carbocycles. The lowest BCUT2D eigenvalue weighted by atomic mass is 10.0. The first-order valence-corrected chi connectivity index (χ1v) is 8.69. The minimum absolute atomic E-state index is 0.0959. The molecule has 25 heavy (non-hydrogen) atoms. The van der Waals surface area contributed by atoms with Gasteiger partial charge in [0.05, 0.1) is 0 Å². The van der Waals surface area contributed by atoms with Crippen LogP contribution in [0.2, 0.25) is 0 Å². The van der Waals surface area contributed by atoms with Crippen molar-refractivity contribution in [2.75, 3.05) is 13.1 Å². The lowest BCUT2D eigenvalue weighted by Crippen LogP contribution is -2.23. The standard InChI is InChI=1S/C20H23FN2O2/c21-17-4-8-19(9-5-17)25-18-6-1-15(2-7-18)14-23-20(24)10-3-16-11-12-22-13-16/h1-2,4-9,16,22H,3,10-14H2,(H,23,24). The lowest BCUT2D eigenvalue weighted by molar-refractivity contribution is -0.121. The van der Waals surface area contributed by atoms with Crippen molar-refractivity contribution in [3.8, 4) is 11.5 Å². The van der Waals surface area contributed by atoms with Gasteiger partial charge in [-0.05, 0) is 73.8 Å². The number of hydrogen-bond acceptors (Lipinski definition) is 3. The summed E-state index contributed by atoms with van der Waals surface area (Å²) in [5, 5.41) is 6.27. The topological polar surface area (TPSA) is 50.4 Å². The highest BCUT2D eigenvalue weighted by molar-refractivity contribution is 5.75. The van der Waals surface area contributed by atoms with Crippen LogP contribution in [0.5, 0.6) is 11.5 Å². The maximum absolute atomic E-state index is 12.9. The number of nitrogens with one attached hydrogen (secondary N) is 2. The molecule has 4 nitrogen and oxygen atoms in total. The zero-order chi connectivity index (χ0) is 17.5. The number of carbonyl (C=O) groups is 1. The number of hydrogen-bond donors (Lipinski definition) is 2. The molecule has 1 heterocycles. The molecule has 1 aliphatic heterocycles. The van der Waals surface area contributed by atoms with E-state index in [0.717, 1.165) is 25.1 Å². The van der Waals surface area contributed by atoms with Gasteiger partial charge in [0.1, 0.15) is 17.3 Å². The van der Waals surface area contributed by atoms with E-state index in [9.17, 15) is 9.18 Å². The summed E-state index contributed by atoms with van der Waals surface area (Å²) in [5.41, 5.74) is 1.02.